The SMILES string of the molecule is CS(=O)(=O)NCc1ccc(-c2cccc(NC(=O)C3(c4ccc5c(c4)OCO5)CC3)n2)cc1.[HH].[HH]. The molecule has 5 rings (SSSR count). The standard InChI is InChI=1S/C24H23N3O5S.2H2/c1-33(29,30)25-14-16-5-7-17(8-6-16)19-3-2-4-22(26-19)27-23(28)24(11-12-24)18-9-10-20-21(13-18)32-15-31-20;;/h2-10,13,25H,11-12,14-15H2,1H3,(H,26,27,28);2*1H. The maximum absolute atomic E-state index is 13.2. The maximum Gasteiger partial charge on any atom is 0.236 e. The van der Waals surface area contributed by atoms with Gasteiger partial charge in [-0.3, -0.25) is 4.79 Å². The molecule has 0 unspecified atom stereocenters. The quantitative estimate of drug-likeness (QED) is 0.547. The van der Waals surface area contributed by atoms with Crippen LogP contribution in [0, 0.1) is 0 Å². The van der Waals surface area contributed by atoms with Gasteiger partial charge in [-0.25, -0.2) is 18.1 Å². The van der Waals surface area contributed by atoms with Gasteiger partial charge in [0, 0.05) is 15.0 Å². The fourth-order valence-electron chi connectivity index (χ4n) is 3.87. The normalized spacial score (nSPS) is 15.8. The van der Waals surface area contributed by atoms with Crippen LogP contribution >= 0.6 is 0 Å². The van der Waals surface area contributed by atoms with E-state index in [2.05, 4.69) is 15.0 Å². The van der Waals surface area contributed by atoms with Crippen LogP contribution in [0.2, 0.25) is 0 Å². The van der Waals surface area contributed by atoms with Crippen molar-refractivity contribution in [2.75, 3.05) is 18.4 Å². The fraction of sp³-hybridized carbons (Fsp3) is 0.250. The van der Waals surface area contributed by atoms with Gasteiger partial charge in [0.2, 0.25) is 22.7 Å². The molecule has 0 bridgehead atoms. The average Bonchev–Trinajstić information content (AvgIpc) is 3.49. The second-order valence-corrected chi connectivity index (χ2v) is 10.1. The van der Waals surface area contributed by atoms with Crippen molar-refractivity contribution in [2.45, 2.75) is 24.8 Å². The molecule has 1 fully saturated rings. The van der Waals surface area contributed by atoms with E-state index in [4.69, 9.17) is 9.47 Å². The van der Waals surface area contributed by atoms with Gasteiger partial charge in [-0.2, -0.15) is 0 Å². The molecule has 33 heavy (non-hydrogen) atoms. The summed E-state index contributed by atoms with van der Waals surface area (Å²) in [4.78, 5) is 17.8. The highest BCUT2D eigenvalue weighted by Crippen LogP contribution is 2.51. The Kier molecular flexibility index (Phi) is 5.30. The molecule has 0 radical (unpaired) electrons. The molecule has 0 atom stereocenters. The van der Waals surface area contributed by atoms with Gasteiger partial charge in [0.15, 0.2) is 11.5 Å². The van der Waals surface area contributed by atoms with Crippen molar-refractivity contribution in [2.24, 2.45) is 0 Å². The number of anilines is 1. The lowest BCUT2D eigenvalue weighted by molar-refractivity contribution is -0.118. The summed E-state index contributed by atoms with van der Waals surface area (Å²) in [6.45, 7) is 0.425. The number of nitrogens with zero attached hydrogens (tertiary/aromatic N) is 1. The number of ether oxygens (including phenoxy) is 2. The second-order valence-electron chi connectivity index (χ2n) is 8.30. The number of amides is 1. The van der Waals surface area contributed by atoms with Crippen LogP contribution in [0.15, 0.2) is 60.7 Å². The summed E-state index contributed by atoms with van der Waals surface area (Å²) in [6, 6.07) is 18.6. The zero-order valence-corrected chi connectivity index (χ0v) is 18.8. The van der Waals surface area contributed by atoms with Crippen LogP contribution in [0.1, 0.15) is 26.8 Å². The molecule has 3 aromatic rings. The summed E-state index contributed by atoms with van der Waals surface area (Å²) in [5.41, 5.74) is 2.76. The van der Waals surface area contributed by atoms with Crippen LogP contribution in [0.4, 0.5) is 5.82 Å². The molecule has 2 N–H and O–H groups in total. The number of hydrogen-bond acceptors (Lipinski definition) is 6. The molecule has 1 aromatic heterocycles. The van der Waals surface area contributed by atoms with E-state index < -0.39 is 15.4 Å². The van der Waals surface area contributed by atoms with Gasteiger partial charge in [0.05, 0.1) is 17.4 Å². The minimum absolute atomic E-state index is 0. The monoisotopic (exact) mass is 469 g/mol. The predicted molar refractivity (Wildman–Crippen MR) is 128 cm³/mol. The number of sulfonamides is 1. The molecule has 2 aromatic carbocycles. The Morgan fingerprint density at radius 1 is 1.06 bits per heavy atom. The third-order valence-electron chi connectivity index (χ3n) is 5.89. The van der Waals surface area contributed by atoms with E-state index in [0.29, 0.717) is 23.0 Å². The summed E-state index contributed by atoms with van der Waals surface area (Å²) in [6.07, 6.45) is 2.66. The molecule has 8 nitrogen and oxygen atoms in total. The van der Waals surface area contributed by atoms with Crippen molar-refractivity contribution in [1.82, 2.24) is 9.71 Å². The Labute approximate surface area is 195 Å². The molecule has 2 heterocycles. The highest BCUT2D eigenvalue weighted by Gasteiger charge is 2.51. The first-order valence-electron chi connectivity index (χ1n) is 10.6. The summed E-state index contributed by atoms with van der Waals surface area (Å²) in [5, 5.41) is 2.97. The van der Waals surface area contributed by atoms with Gasteiger partial charge < -0.3 is 14.8 Å². The highest BCUT2D eigenvalue weighted by molar-refractivity contribution is 7.88. The van der Waals surface area contributed by atoms with Crippen LogP contribution in [-0.4, -0.2) is 32.4 Å². The van der Waals surface area contributed by atoms with Crippen LogP contribution in [-0.2, 0) is 26.8 Å². The zero-order valence-electron chi connectivity index (χ0n) is 18.0. The van der Waals surface area contributed by atoms with E-state index >= 15 is 0 Å². The Morgan fingerprint density at radius 3 is 2.55 bits per heavy atom. The largest absolute Gasteiger partial charge is 0.454 e. The summed E-state index contributed by atoms with van der Waals surface area (Å²) in [7, 11) is -3.25. The molecule has 1 aliphatic heterocycles. The topological polar surface area (TPSA) is 107 Å². The van der Waals surface area contributed by atoms with Gasteiger partial charge in [0.1, 0.15) is 5.82 Å². The molecule has 1 aliphatic carbocycles. The number of carbonyl (C=O) groups is 1. The third-order valence-corrected chi connectivity index (χ3v) is 6.56. The number of benzene rings is 2. The van der Waals surface area contributed by atoms with Crippen molar-refractivity contribution in [3.8, 4) is 22.8 Å². The van der Waals surface area contributed by atoms with E-state index in [-0.39, 0.29) is 22.1 Å². The van der Waals surface area contributed by atoms with Gasteiger partial charge >= 0.3 is 0 Å². The number of rotatable bonds is 7. The Hall–Kier alpha value is -3.43. The molecular weight excluding hydrogens is 442 g/mol. The van der Waals surface area contributed by atoms with Crippen molar-refractivity contribution >= 4 is 21.7 Å². The lowest BCUT2D eigenvalue weighted by Crippen LogP contribution is -2.28. The first kappa shape index (κ1) is 21.4. The minimum Gasteiger partial charge on any atom is -0.454 e. The smallest absolute Gasteiger partial charge is 0.236 e. The van der Waals surface area contributed by atoms with Gasteiger partial charge in [-0.05, 0) is 48.2 Å². The van der Waals surface area contributed by atoms with Crippen LogP contribution < -0.4 is 19.5 Å². The van der Waals surface area contributed by atoms with Crippen LogP contribution in [0.3, 0.4) is 0 Å². The lowest BCUT2D eigenvalue weighted by atomic mass is 9.94. The molecular formula is C24H27N3O5S. The molecule has 0 saturated heterocycles. The van der Waals surface area contributed by atoms with E-state index in [1.807, 2.05) is 54.6 Å². The Morgan fingerprint density at radius 2 is 1.82 bits per heavy atom. The Balaban J connectivity index is 0.00000171. The van der Waals surface area contributed by atoms with Crippen molar-refractivity contribution in [1.29, 1.82) is 0 Å². The first-order chi connectivity index (χ1) is 15.8. The molecule has 9 heteroatoms. The minimum atomic E-state index is -3.25. The molecule has 2 aliphatic rings. The summed E-state index contributed by atoms with van der Waals surface area (Å²) >= 11 is 0. The number of fused-ring (bicyclic) bond motifs is 1. The average molecular weight is 470 g/mol. The zero-order chi connectivity index (χ0) is 23.1. The first-order valence-corrected chi connectivity index (χ1v) is 12.4. The van der Waals surface area contributed by atoms with Crippen molar-refractivity contribution in [3.63, 3.8) is 0 Å². The fourth-order valence-corrected chi connectivity index (χ4v) is 4.30. The molecule has 174 valence electrons. The van der Waals surface area contributed by atoms with E-state index in [1.165, 1.54) is 0 Å². The van der Waals surface area contributed by atoms with Crippen LogP contribution in [0.5, 0.6) is 11.5 Å². The number of hydrogen-bond donors (Lipinski definition) is 2. The van der Waals surface area contributed by atoms with E-state index in [0.717, 1.165) is 35.8 Å². The number of carbonyl (C=O) groups excluding carboxylic acids is 1. The van der Waals surface area contributed by atoms with Crippen LogP contribution in [0.25, 0.3) is 11.3 Å². The molecule has 0 spiro atoms. The molecule has 1 amide bonds. The summed E-state index contributed by atoms with van der Waals surface area (Å²) < 4.78 is 35.8. The number of nitrogens with one attached hydrogen (secondary N) is 2. The maximum atomic E-state index is 13.2. The number of aromatic nitrogens is 1. The molecule has 1 saturated carbocycles. The van der Waals surface area contributed by atoms with Crippen molar-refractivity contribution in [3.05, 3.63) is 71.8 Å². The lowest BCUT2D eigenvalue weighted by Gasteiger charge is -2.16. The van der Waals surface area contributed by atoms with Crippen molar-refractivity contribution < 1.29 is 25.5 Å². The van der Waals surface area contributed by atoms with Gasteiger partial charge in [-0.15, -0.1) is 0 Å². The third kappa shape index (κ3) is 4.55. The predicted octanol–water partition coefficient (Wildman–Crippen LogP) is 3.69. The Bertz CT molecular complexity index is 1330. The van der Waals surface area contributed by atoms with Gasteiger partial charge in [0.25, 0.3) is 0 Å². The second kappa shape index (κ2) is 8.17. The van der Waals surface area contributed by atoms with E-state index in [1.54, 1.807) is 6.07 Å². The highest BCUT2D eigenvalue weighted by atomic mass is 32.2. The number of pyridine rings is 1. The van der Waals surface area contributed by atoms with E-state index in [9.17, 15) is 13.2 Å². The van der Waals surface area contributed by atoms with Gasteiger partial charge in [-0.1, -0.05) is 36.4 Å². The summed E-state index contributed by atoms with van der Waals surface area (Å²) in [5.74, 6) is 1.75.